The lowest BCUT2D eigenvalue weighted by atomic mass is 10.4. The maximum atomic E-state index is 11.8. The van der Waals surface area contributed by atoms with Gasteiger partial charge in [0.1, 0.15) is 0 Å². The summed E-state index contributed by atoms with van der Waals surface area (Å²) in [5.74, 6) is 4.40. The Hall–Kier alpha value is -2.75. The number of hydrazine groups is 1. The molecule has 0 aromatic carbocycles. The van der Waals surface area contributed by atoms with Gasteiger partial charge in [0, 0.05) is 19.3 Å². The fraction of sp³-hybridized carbons (Fsp3) is 0.300. The van der Waals surface area contributed by atoms with E-state index in [1.54, 1.807) is 7.05 Å². The van der Waals surface area contributed by atoms with Gasteiger partial charge in [0.15, 0.2) is 5.69 Å². The van der Waals surface area contributed by atoms with E-state index in [9.17, 15) is 14.4 Å². The summed E-state index contributed by atoms with van der Waals surface area (Å²) >= 11 is 0. The van der Waals surface area contributed by atoms with Crippen molar-refractivity contribution in [3.63, 3.8) is 0 Å². The average Bonchev–Trinajstić information content (AvgIpc) is 2.91. The number of aryl methyl sites for hydroxylation is 2. The minimum Gasteiger partial charge on any atom is -0.303 e. The Balaban J connectivity index is 2.16. The molecule has 0 aliphatic carbocycles. The number of carbonyl (C=O) groups is 1. The highest BCUT2D eigenvalue weighted by Crippen LogP contribution is 1.92. The molecule has 2 rings (SSSR count). The van der Waals surface area contributed by atoms with Gasteiger partial charge in [-0.2, -0.15) is 0 Å². The number of nitrogen functional groups attached to an aromatic ring is 1. The van der Waals surface area contributed by atoms with Crippen LogP contribution >= 0.6 is 0 Å². The van der Waals surface area contributed by atoms with Gasteiger partial charge in [-0.3, -0.25) is 19.6 Å². The molecule has 0 unspecified atom stereocenters. The molecule has 0 spiro atoms. The summed E-state index contributed by atoms with van der Waals surface area (Å²) < 4.78 is 3.73. The first kappa shape index (κ1) is 13.7. The zero-order chi connectivity index (χ0) is 14.7. The van der Waals surface area contributed by atoms with E-state index in [2.05, 4.69) is 10.3 Å². The van der Waals surface area contributed by atoms with Crippen LogP contribution in [0.1, 0.15) is 10.5 Å². The second kappa shape index (κ2) is 5.48. The number of nitrogens with two attached hydrogens (primary N) is 1. The molecule has 3 N–H and O–H groups in total. The lowest BCUT2D eigenvalue weighted by Crippen LogP contribution is -2.38. The van der Waals surface area contributed by atoms with Crippen LogP contribution in [0.3, 0.4) is 0 Å². The molecule has 0 atom stereocenters. The van der Waals surface area contributed by atoms with Gasteiger partial charge in [-0.1, -0.05) is 5.21 Å². The average molecular weight is 279 g/mol. The molecule has 2 aromatic rings. The first-order valence-corrected chi connectivity index (χ1v) is 5.70. The minimum atomic E-state index is -0.566. The standard InChI is InChI=1S/C10H13N7O3/c1-15-3-2-8(18)17(10(15)20)5-4-16-6-7(13-14-16)9(19)12-11/h2-3,6H,4-5,11H2,1H3,(H,12,19). The van der Waals surface area contributed by atoms with E-state index in [1.165, 1.54) is 27.7 Å². The Morgan fingerprint density at radius 1 is 1.40 bits per heavy atom. The van der Waals surface area contributed by atoms with E-state index in [4.69, 9.17) is 5.84 Å². The number of carbonyl (C=O) groups excluding carboxylic acids is 1. The third-order valence-electron chi connectivity index (χ3n) is 2.69. The van der Waals surface area contributed by atoms with Crippen molar-refractivity contribution in [1.82, 2.24) is 29.6 Å². The summed E-state index contributed by atoms with van der Waals surface area (Å²) in [6.07, 6.45) is 2.78. The Kier molecular flexibility index (Phi) is 3.75. The SMILES string of the molecule is Cn1ccc(=O)n(CCn2cc(C(=O)NN)nn2)c1=O. The molecule has 2 aromatic heterocycles. The first-order valence-electron chi connectivity index (χ1n) is 5.70. The van der Waals surface area contributed by atoms with Crippen molar-refractivity contribution in [2.24, 2.45) is 12.9 Å². The van der Waals surface area contributed by atoms with Crippen LogP contribution in [0.2, 0.25) is 0 Å². The number of amides is 1. The predicted octanol–water partition coefficient (Wildman–Crippen LogP) is -2.56. The van der Waals surface area contributed by atoms with Crippen molar-refractivity contribution in [2.75, 3.05) is 0 Å². The minimum absolute atomic E-state index is 0.0563. The molecule has 1 amide bonds. The van der Waals surface area contributed by atoms with Gasteiger partial charge in [0.25, 0.3) is 11.5 Å². The number of hydrogen-bond acceptors (Lipinski definition) is 6. The van der Waals surface area contributed by atoms with Gasteiger partial charge < -0.3 is 4.57 Å². The summed E-state index contributed by atoms with van der Waals surface area (Å²) in [4.78, 5) is 34.6. The lowest BCUT2D eigenvalue weighted by Gasteiger charge is -2.05. The van der Waals surface area contributed by atoms with Gasteiger partial charge >= 0.3 is 5.69 Å². The number of rotatable bonds is 4. The highest BCUT2D eigenvalue weighted by Gasteiger charge is 2.09. The van der Waals surface area contributed by atoms with E-state index in [0.717, 1.165) is 4.57 Å². The quantitative estimate of drug-likeness (QED) is 0.360. The second-order valence-electron chi connectivity index (χ2n) is 4.04. The van der Waals surface area contributed by atoms with Crippen LogP contribution in [-0.4, -0.2) is 30.0 Å². The molecule has 20 heavy (non-hydrogen) atoms. The monoisotopic (exact) mass is 279 g/mol. The van der Waals surface area contributed by atoms with Crippen LogP contribution in [0.4, 0.5) is 0 Å². The van der Waals surface area contributed by atoms with Crippen LogP contribution in [0.5, 0.6) is 0 Å². The highest BCUT2D eigenvalue weighted by atomic mass is 16.2. The smallest absolute Gasteiger partial charge is 0.303 e. The molecule has 0 fully saturated rings. The van der Waals surface area contributed by atoms with E-state index in [-0.39, 0.29) is 18.8 Å². The van der Waals surface area contributed by atoms with E-state index >= 15 is 0 Å². The summed E-state index contributed by atoms with van der Waals surface area (Å²) in [5, 5.41) is 7.32. The van der Waals surface area contributed by atoms with Crippen LogP contribution in [0, 0.1) is 0 Å². The number of nitrogens with zero attached hydrogens (tertiary/aromatic N) is 5. The molecule has 0 saturated carbocycles. The Labute approximate surface area is 112 Å². The molecule has 10 nitrogen and oxygen atoms in total. The second-order valence-corrected chi connectivity index (χ2v) is 4.04. The molecule has 0 bridgehead atoms. The summed E-state index contributed by atoms with van der Waals surface area (Å²) in [7, 11) is 1.55. The van der Waals surface area contributed by atoms with Gasteiger partial charge in [-0.15, -0.1) is 5.10 Å². The van der Waals surface area contributed by atoms with Crippen molar-refractivity contribution in [3.05, 3.63) is 45.0 Å². The van der Waals surface area contributed by atoms with Crippen molar-refractivity contribution in [3.8, 4) is 0 Å². The highest BCUT2D eigenvalue weighted by molar-refractivity contribution is 5.91. The summed E-state index contributed by atoms with van der Waals surface area (Å²) in [6, 6.07) is 1.30. The fourth-order valence-corrected chi connectivity index (χ4v) is 1.61. The third-order valence-corrected chi connectivity index (χ3v) is 2.69. The van der Waals surface area contributed by atoms with Crippen LogP contribution < -0.4 is 22.5 Å². The Bertz CT molecular complexity index is 742. The van der Waals surface area contributed by atoms with Crippen LogP contribution in [0.25, 0.3) is 0 Å². The van der Waals surface area contributed by atoms with Crippen molar-refractivity contribution < 1.29 is 4.79 Å². The lowest BCUT2D eigenvalue weighted by molar-refractivity contribution is 0.0948. The molecule has 2 heterocycles. The van der Waals surface area contributed by atoms with Gasteiger partial charge in [0.2, 0.25) is 0 Å². The van der Waals surface area contributed by atoms with E-state index < -0.39 is 17.2 Å². The zero-order valence-electron chi connectivity index (χ0n) is 10.7. The predicted molar refractivity (Wildman–Crippen MR) is 67.6 cm³/mol. The third kappa shape index (κ3) is 2.64. The maximum Gasteiger partial charge on any atom is 0.330 e. The first-order chi connectivity index (χ1) is 9.52. The molecular weight excluding hydrogens is 266 g/mol. The molecule has 0 radical (unpaired) electrons. The molecule has 10 heteroatoms. The number of aromatic nitrogens is 5. The maximum absolute atomic E-state index is 11.8. The largest absolute Gasteiger partial charge is 0.330 e. The fourth-order valence-electron chi connectivity index (χ4n) is 1.61. The Morgan fingerprint density at radius 2 is 2.15 bits per heavy atom. The molecule has 0 aliphatic rings. The number of hydrogen-bond donors (Lipinski definition) is 2. The van der Waals surface area contributed by atoms with E-state index in [1.807, 2.05) is 5.43 Å². The summed E-state index contributed by atoms with van der Waals surface area (Å²) in [6.45, 7) is 0.351. The Morgan fingerprint density at radius 3 is 2.85 bits per heavy atom. The molecule has 106 valence electrons. The van der Waals surface area contributed by atoms with Crippen molar-refractivity contribution in [1.29, 1.82) is 0 Å². The molecule has 0 aliphatic heterocycles. The van der Waals surface area contributed by atoms with Crippen LogP contribution in [0.15, 0.2) is 28.0 Å². The van der Waals surface area contributed by atoms with Crippen molar-refractivity contribution in [2.45, 2.75) is 13.1 Å². The van der Waals surface area contributed by atoms with Crippen LogP contribution in [-0.2, 0) is 20.1 Å². The van der Waals surface area contributed by atoms with Crippen molar-refractivity contribution >= 4 is 5.91 Å². The van der Waals surface area contributed by atoms with Gasteiger partial charge in [0.05, 0.1) is 19.3 Å². The molecular formula is C10H13N7O3. The summed E-state index contributed by atoms with van der Waals surface area (Å²) in [5.41, 5.74) is 1.17. The topological polar surface area (TPSA) is 130 Å². The molecule has 0 saturated heterocycles. The van der Waals surface area contributed by atoms with Gasteiger partial charge in [-0.25, -0.2) is 15.3 Å². The van der Waals surface area contributed by atoms with E-state index in [0.29, 0.717) is 0 Å². The normalized spacial score (nSPS) is 10.5. The zero-order valence-corrected chi connectivity index (χ0v) is 10.7. The number of nitrogens with one attached hydrogen (secondary N) is 1. The van der Waals surface area contributed by atoms with Gasteiger partial charge in [-0.05, 0) is 0 Å².